The summed E-state index contributed by atoms with van der Waals surface area (Å²) in [6, 6.07) is 7.11. The average Bonchev–Trinajstić information content (AvgIpc) is 2.40. The summed E-state index contributed by atoms with van der Waals surface area (Å²) in [4.78, 5) is 4.81. The number of ether oxygens (including phenoxy) is 1. The minimum Gasteiger partial charge on any atom is -0.496 e. The normalized spacial score (nSPS) is 21.9. The van der Waals surface area contributed by atoms with E-state index in [1.54, 1.807) is 7.11 Å². The Morgan fingerprint density at radius 3 is 2.58 bits per heavy atom. The lowest BCUT2D eigenvalue weighted by molar-refractivity contribution is 0.113. The lowest BCUT2D eigenvalue weighted by atomic mass is 9.96. The molecule has 0 N–H and O–H groups in total. The van der Waals surface area contributed by atoms with Crippen LogP contribution in [0.4, 0.5) is 0 Å². The molecule has 3 nitrogen and oxygen atoms in total. The molecular weight excluding hydrogens is 236 g/mol. The average molecular weight is 262 g/mol. The Kier molecular flexibility index (Phi) is 4.48. The van der Waals surface area contributed by atoms with Crippen LogP contribution in [0.3, 0.4) is 0 Å². The van der Waals surface area contributed by atoms with E-state index < -0.39 is 0 Å². The highest BCUT2D eigenvalue weighted by Gasteiger charge is 2.26. The molecule has 106 valence electrons. The highest BCUT2D eigenvalue weighted by atomic mass is 16.5. The van der Waals surface area contributed by atoms with E-state index in [0.29, 0.717) is 12.0 Å². The minimum atomic E-state index is 0.426. The first-order valence-corrected chi connectivity index (χ1v) is 7.09. The van der Waals surface area contributed by atoms with Crippen LogP contribution in [0.2, 0.25) is 0 Å². The number of hydrogen-bond donors (Lipinski definition) is 0. The molecule has 3 heteroatoms. The first-order valence-electron chi connectivity index (χ1n) is 7.09. The van der Waals surface area contributed by atoms with Crippen molar-refractivity contribution in [2.75, 3.05) is 40.8 Å². The second-order valence-corrected chi connectivity index (χ2v) is 5.91. The van der Waals surface area contributed by atoms with Crippen LogP contribution < -0.4 is 4.74 Å². The van der Waals surface area contributed by atoms with Gasteiger partial charge in [0.25, 0.3) is 0 Å². The fourth-order valence-electron chi connectivity index (χ4n) is 2.71. The molecule has 19 heavy (non-hydrogen) atoms. The van der Waals surface area contributed by atoms with Gasteiger partial charge in [-0.3, -0.25) is 4.90 Å². The van der Waals surface area contributed by atoms with Gasteiger partial charge >= 0.3 is 0 Å². The molecule has 0 bridgehead atoms. The van der Waals surface area contributed by atoms with Gasteiger partial charge < -0.3 is 9.64 Å². The van der Waals surface area contributed by atoms with Crippen molar-refractivity contribution >= 4 is 0 Å². The molecule has 1 saturated heterocycles. The van der Waals surface area contributed by atoms with E-state index in [-0.39, 0.29) is 0 Å². The maximum Gasteiger partial charge on any atom is 0.123 e. The number of methoxy groups -OCH3 is 1. The summed E-state index contributed by atoms with van der Waals surface area (Å²) in [6.45, 7) is 7.74. The van der Waals surface area contributed by atoms with Gasteiger partial charge in [0.15, 0.2) is 0 Å². The topological polar surface area (TPSA) is 15.7 Å². The van der Waals surface area contributed by atoms with Gasteiger partial charge in [-0.05, 0) is 31.6 Å². The molecule has 1 fully saturated rings. The summed E-state index contributed by atoms with van der Waals surface area (Å²) in [6.07, 6.45) is 0. The summed E-state index contributed by atoms with van der Waals surface area (Å²) in [5, 5.41) is 0. The van der Waals surface area contributed by atoms with E-state index in [1.807, 2.05) is 0 Å². The van der Waals surface area contributed by atoms with E-state index in [2.05, 4.69) is 55.9 Å². The molecule has 1 aliphatic rings. The number of nitrogens with zero attached hydrogens (tertiary/aromatic N) is 2. The van der Waals surface area contributed by atoms with Gasteiger partial charge in [-0.2, -0.15) is 0 Å². The lowest BCUT2D eigenvalue weighted by Crippen LogP contribution is -2.44. The summed E-state index contributed by atoms with van der Waals surface area (Å²) < 4.78 is 5.63. The molecule has 1 aliphatic heterocycles. The fraction of sp³-hybridized carbons (Fsp3) is 0.625. The monoisotopic (exact) mass is 262 g/mol. The zero-order chi connectivity index (χ0) is 14.0. The van der Waals surface area contributed by atoms with Gasteiger partial charge in [-0.15, -0.1) is 0 Å². The molecule has 0 aliphatic carbocycles. The van der Waals surface area contributed by atoms with Gasteiger partial charge in [0.1, 0.15) is 5.75 Å². The lowest BCUT2D eigenvalue weighted by Gasteiger charge is -2.38. The van der Waals surface area contributed by atoms with Gasteiger partial charge in [0.05, 0.1) is 13.2 Å². The molecule has 0 radical (unpaired) electrons. The molecule has 1 heterocycles. The highest BCUT2D eigenvalue weighted by Crippen LogP contribution is 2.33. The van der Waals surface area contributed by atoms with Crippen LogP contribution in [-0.2, 0) is 0 Å². The summed E-state index contributed by atoms with van der Waals surface area (Å²) in [5.74, 6) is 1.56. The van der Waals surface area contributed by atoms with E-state index in [1.165, 1.54) is 11.1 Å². The molecule has 1 atom stereocenters. The van der Waals surface area contributed by atoms with Crippen LogP contribution in [0, 0.1) is 0 Å². The van der Waals surface area contributed by atoms with E-state index >= 15 is 0 Å². The standard InChI is InChI=1S/C16H26N2O/c1-12(2)13-6-7-14(16(10-13)19-5)15-11-17(3)8-9-18(15)4/h6-7,10,12,15H,8-9,11H2,1-5H3. The van der Waals surface area contributed by atoms with Crippen molar-refractivity contribution in [1.29, 1.82) is 0 Å². The summed E-state index contributed by atoms with van der Waals surface area (Å²) >= 11 is 0. The molecule has 0 spiro atoms. The van der Waals surface area contributed by atoms with Crippen molar-refractivity contribution in [3.8, 4) is 5.75 Å². The van der Waals surface area contributed by atoms with Crippen LogP contribution in [0.1, 0.15) is 36.9 Å². The Labute approximate surface area is 117 Å². The Balaban J connectivity index is 2.32. The smallest absolute Gasteiger partial charge is 0.123 e. The minimum absolute atomic E-state index is 0.426. The molecule has 2 rings (SSSR count). The van der Waals surface area contributed by atoms with Gasteiger partial charge in [0.2, 0.25) is 0 Å². The maximum absolute atomic E-state index is 5.63. The number of rotatable bonds is 3. The summed E-state index contributed by atoms with van der Waals surface area (Å²) in [7, 11) is 6.16. The Hall–Kier alpha value is -1.06. The molecule has 0 amide bonds. The molecule has 1 aromatic rings. The van der Waals surface area contributed by atoms with E-state index in [4.69, 9.17) is 4.74 Å². The van der Waals surface area contributed by atoms with Crippen molar-refractivity contribution in [2.45, 2.75) is 25.8 Å². The van der Waals surface area contributed by atoms with Crippen LogP contribution in [0.25, 0.3) is 0 Å². The fourth-order valence-corrected chi connectivity index (χ4v) is 2.71. The van der Waals surface area contributed by atoms with Gasteiger partial charge in [-0.25, -0.2) is 0 Å². The SMILES string of the molecule is COc1cc(C(C)C)ccc1C1CN(C)CCN1C. The summed E-state index contributed by atoms with van der Waals surface area (Å²) in [5.41, 5.74) is 2.65. The zero-order valence-corrected chi connectivity index (χ0v) is 12.8. The largest absolute Gasteiger partial charge is 0.496 e. The first kappa shape index (κ1) is 14.4. The van der Waals surface area contributed by atoms with Crippen molar-refractivity contribution in [1.82, 2.24) is 9.80 Å². The number of benzene rings is 1. The van der Waals surface area contributed by atoms with Crippen molar-refractivity contribution in [3.05, 3.63) is 29.3 Å². The van der Waals surface area contributed by atoms with Crippen molar-refractivity contribution < 1.29 is 4.74 Å². The van der Waals surface area contributed by atoms with Crippen LogP contribution in [-0.4, -0.2) is 50.6 Å². The maximum atomic E-state index is 5.63. The van der Waals surface area contributed by atoms with Gasteiger partial charge in [-0.1, -0.05) is 26.0 Å². The molecule has 1 unspecified atom stereocenters. The Morgan fingerprint density at radius 2 is 1.95 bits per heavy atom. The van der Waals surface area contributed by atoms with Crippen molar-refractivity contribution in [2.24, 2.45) is 0 Å². The Morgan fingerprint density at radius 1 is 1.21 bits per heavy atom. The predicted octanol–water partition coefficient (Wildman–Crippen LogP) is 2.74. The molecule has 0 saturated carbocycles. The second kappa shape index (κ2) is 5.93. The number of likely N-dealkylation sites (N-methyl/N-ethyl adjacent to an activating group) is 2. The quantitative estimate of drug-likeness (QED) is 0.833. The van der Waals surface area contributed by atoms with Crippen molar-refractivity contribution in [3.63, 3.8) is 0 Å². The predicted molar refractivity (Wildman–Crippen MR) is 80.0 cm³/mol. The third kappa shape index (κ3) is 3.10. The van der Waals surface area contributed by atoms with Crippen LogP contribution in [0.15, 0.2) is 18.2 Å². The molecule has 0 aromatic heterocycles. The van der Waals surface area contributed by atoms with E-state index in [9.17, 15) is 0 Å². The Bertz CT molecular complexity index is 431. The van der Waals surface area contributed by atoms with Gasteiger partial charge in [0, 0.05) is 25.2 Å². The van der Waals surface area contributed by atoms with E-state index in [0.717, 1.165) is 25.4 Å². The third-order valence-electron chi connectivity index (χ3n) is 4.13. The third-order valence-corrected chi connectivity index (χ3v) is 4.13. The molecule has 1 aromatic carbocycles. The highest BCUT2D eigenvalue weighted by molar-refractivity contribution is 5.41. The number of hydrogen-bond acceptors (Lipinski definition) is 3. The second-order valence-electron chi connectivity index (χ2n) is 5.91. The van der Waals surface area contributed by atoms with Crippen LogP contribution in [0.5, 0.6) is 5.75 Å². The number of piperazine rings is 1. The first-order chi connectivity index (χ1) is 9.02. The molecular formula is C16H26N2O. The van der Waals surface area contributed by atoms with Crippen LogP contribution >= 0.6 is 0 Å². The zero-order valence-electron chi connectivity index (χ0n) is 12.8.